The normalized spacial score (nSPS) is 16.3. The minimum absolute atomic E-state index is 0.130. The Kier molecular flexibility index (Phi) is 5.78. The number of para-hydroxylation sites is 1. The van der Waals surface area contributed by atoms with Crippen LogP contribution in [0.25, 0.3) is 0 Å². The van der Waals surface area contributed by atoms with Crippen LogP contribution in [0.5, 0.6) is 0 Å². The van der Waals surface area contributed by atoms with Gasteiger partial charge in [-0.05, 0) is 25.0 Å². The van der Waals surface area contributed by atoms with Crippen LogP contribution in [0.4, 0.5) is 5.69 Å². The molecule has 1 amide bonds. The van der Waals surface area contributed by atoms with E-state index in [1.807, 2.05) is 0 Å². The van der Waals surface area contributed by atoms with Crippen molar-refractivity contribution in [3.05, 3.63) is 41.7 Å². The molecule has 1 fully saturated rings. The average molecular weight is 383 g/mol. The Hall–Kier alpha value is -3.56. The van der Waals surface area contributed by atoms with Crippen LogP contribution in [0.2, 0.25) is 0 Å². The Balaban J connectivity index is 1.80. The lowest BCUT2D eigenvalue weighted by atomic mass is 10.0. The molecule has 1 unspecified atom stereocenters. The van der Waals surface area contributed by atoms with Gasteiger partial charge in [-0.1, -0.05) is 12.1 Å². The number of rotatable bonds is 6. The van der Waals surface area contributed by atoms with Crippen LogP contribution in [0.15, 0.2) is 40.7 Å². The van der Waals surface area contributed by atoms with E-state index >= 15 is 0 Å². The highest BCUT2D eigenvalue weighted by Gasteiger charge is 2.29. The number of esters is 1. The predicted molar refractivity (Wildman–Crippen MR) is 104 cm³/mol. The van der Waals surface area contributed by atoms with E-state index in [9.17, 15) is 9.59 Å². The molecular formula is C18H21N7O3. The average Bonchev–Trinajstić information content (AvgIpc) is 3.24. The summed E-state index contributed by atoms with van der Waals surface area (Å²) in [5.41, 5.74) is 1.09. The van der Waals surface area contributed by atoms with Gasteiger partial charge in [0.1, 0.15) is 0 Å². The summed E-state index contributed by atoms with van der Waals surface area (Å²) in [5, 5.41) is 17.1. The molecule has 1 aromatic heterocycles. The van der Waals surface area contributed by atoms with Crippen molar-refractivity contribution in [2.24, 2.45) is 10.2 Å². The summed E-state index contributed by atoms with van der Waals surface area (Å²) >= 11 is 0. The van der Waals surface area contributed by atoms with E-state index in [1.54, 1.807) is 29.2 Å². The zero-order valence-electron chi connectivity index (χ0n) is 15.6. The SMILES string of the molecule is C=NN(N=C)c1ccccc1C(=O)N1CCCC(n2ncc(C(=O)OC)n2)C1. The Morgan fingerprint density at radius 1 is 1.29 bits per heavy atom. The molecule has 10 nitrogen and oxygen atoms in total. The van der Waals surface area contributed by atoms with Gasteiger partial charge >= 0.3 is 5.97 Å². The van der Waals surface area contributed by atoms with Gasteiger partial charge in [0.25, 0.3) is 5.91 Å². The maximum Gasteiger partial charge on any atom is 0.360 e. The molecule has 10 heteroatoms. The second-order valence-electron chi connectivity index (χ2n) is 6.18. The number of nitrogens with zero attached hydrogens (tertiary/aromatic N) is 7. The van der Waals surface area contributed by atoms with Crippen LogP contribution in [0.3, 0.4) is 0 Å². The third-order valence-electron chi connectivity index (χ3n) is 4.53. The van der Waals surface area contributed by atoms with Crippen LogP contribution in [0, 0.1) is 0 Å². The summed E-state index contributed by atoms with van der Waals surface area (Å²) in [6.45, 7) is 7.94. The molecule has 3 rings (SSSR count). The number of amides is 1. The number of benzene rings is 1. The third kappa shape index (κ3) is 3.75. The molecule has 146 valence electrons. The van der Waals surface area contributed by atoms with E-state index in [-0.39, 0.29) is 17.6 Å². The number of piperidine rings is 1. The third-order valence-corrected chi connectivity index (χ3v) is 4.53. The van der Waals surface area contributed by atoms with Crippen molar-refractivity contribution in [3.8, 4) is 0 Å². The molecule has 0 spiro atoms. The summed E-state index contributed by atoms with van der Waals surface area (Å²) in [5.74, 6) is -0.698. The molecule has 1 atom stereocenters. The van der Waals surface area contributed by atoms with Gasteiger partial charge < -0.3 is 9.64 Å². The molecule has 0 N–H and O–H groups in total. The van der Waals surface area contributed by atoms with Gasteiger partial charge in [0.2, 0.25) is 0 Å². The van der Waals surface area contributed by atoms with Crippen molar-refractivity contribution >= 4 is 31.0 Å². The van der Waals surface area contributed by atoms with Crippen LogP contribution in [-0.4, -0.2) is 65.4 Å². The van der Waals surface area contributed by atoms with E-state index in [2.05, 4.69) is 38.6 Å². The molecule has 1 aliphatic rings. The van der Waals surface area contributed by atoms with Crippen LogP contribution < -0.4 is 5.12 Å². The molecule has 1 aromatic carbocycles. The summed E-state index contributed by atoms with van der Waals surface area (Å²) in [7, 11) is 1.29. The van der Waals surface area contributed by atoms with E-state index in [4.69, 9.17) is 0 Å². The van der Waals surface area contributed by atoms with Gasteiger partial charge in [-0.2, -0.15) is 25.2 Å². The predicted octanol–water partition coefficient (Wildman–Crippen LogP) is 1.58. The monoisotopic (exact) mass is 383 g/mol. The second-order valence-corrected chi connectivity index (χ2v) is 6.18. The summed E-state index contributed by atoms with van der Waals surface area (Å²) < 4.78 is 4.66. The van der Waals surface area contributed by atoms with Gasteiger partial charge in [-0.25, -0.2) is 4.79 Å². The standard InChI is InChI=1S/C18H21N7O3/c1-19-25(20-2)16-9-5-4-8-14(16)17(26)23-10-6-7-13(12-23)24-21-11-15(22-24)18(27)28-3/h4-5,8-9,11,13H,1-2,6-7,10,12H2,3H3. The zero-order chi connectivity index (χ0) is 20.1. The molecule has 1 saturated heterocycles. The molecule has 0 aliphatic carbocycles. The summed E-state index contributed by atoms with van der Waals surface area (Å²) in [4.78, 5) is 27.9. The number of hydrogen-bond acceptors (Lipinski definition) is 8. The fourth-order valence-electron chi connectivity index (χ4n) is 3.17. The molecule has 2 aromatic rings. The van der Waals surface area contributed by atoms with Crippen molar-refractivity contribution in [3.63, 3.8) is 0 Å². The minimum atomic E-state index is -0.544. The van der Waals surface area contributed by atoms with Crippen molar-refractivity contribution in [1.82, 2.24) is 19.9 Å². The Morgan fingerprint density at radius 2 is 2.04 bits per heavy atom. The molecule has 0 saturated carbocycles. The number of likely N-dealkylation sites (tertiary alicyclic amines) is 1. The molecule has 1 aliphatic heterocycles. The highest BCUT2D eigenvalue weighted by molar-refractivity contribution is 5.99. The largest absolute Gasteiger partial charge is 0.464 e. The number of methoxy groups -OCH3 is 1. The highest BCUT2D eigenvalue weighted by Crippen LogP contribution is 2.26. The number of carbonyl (C=O) groups excluding carboxylic acids is 2. The van der Waals surface area contributed by atoms with Crippen molar-refractivity contribution < 1.29 is 14.3 Å². The first-order valence-corrected chi connectivity index (χ1v) is 8.71. The van der Waals surface area contributed by atoms with E-state index in [1.165, 1.54) is 23.2 Å². The Labute approximate surface area is 162 Å². The second kappa shape index (κ2) is 8.42. The molecule has 28 heavy (non-hydrogen) atoms. The topological polar surface area (TPSA) is 105 Å². The number of aromatic nitrogens is 3. The fraction of sp³-hybridized carbons (Fsp3) is 0.333. The summed E-state index contributed by atoms with van der Waals surface area (Å²) in [6, 6.07) is 6.88. The lowest BCUT2D eigenvalue weighted by molar-refractivity contribution is 0.0586. The molecular weight excluding hydrogens is 362 g/mol. The molecule has 2 heterocycles. The van der Waals surface area contributed by atoms with Crippen molar-refractivity contribution in [1.29, 1.82) is 0 Å². The van der Waals surface area contributed by atoms with Crippen molar-refractivity contribution in [2.75, 3.05) is 25.3 Å². The van der Waals surface area contributed by atoms with Gasteiger partial charge in [0.15, 0.2) is 5.69 Å². The van der Waals surface area contributed by atoms with Crippen LogP contribution in [-0.2, 0) is 4.74 Å². The maximum absolute atomic E-state index is 13.1. The number of ether oxygens (including phenoxy) is 1. The minimum Gasteiger partial charge on any atom is -0.464 e. The van der Waals surface area contributed by atoms with Gasteiger partial charge in [0, 0.05) is 26.5 Å². The Morgan fingerprint density at radius 3 is 2.75 bits per heavy atom. The smallest absolute Gasteiger partial charge is 0.360 e. The van der Waals surface area contributed by atoms with Gasteiger partial charge in [0.05, 0.1) is 30.6 Å². The lowest BCUT2D eigenvalue weighted by Gasteiger charge is -2.32. The Bertz CT molecular complexity index is 887. The van der Waals surface area contributed by atoms with Gasteiger partial charge in [-0.15, -0.1) is 5.10 Å². The fourth-order valence-corrected chi connectivity index (χ4v) is 3.17. The maximum atomic E-state index is 13.1. The first-order valence-electron chi connectivity index (χ1n) is 8.71. The number of hydrogen-bond donors (Lipinski definition) is 0. The number of carbonyl (C=O) groups is 2. The van der Waals surface area contributed by atoms with E-state index in [0.717, 1.165) is 12.8 Å². The van der Waals surface area contributed by atoms with Crippen LogP contribution >= 0.6 is 0 Å². The van der Waals surface area contributed by atoms with Gasteiger partial charge in [-0.3, -0.25) is 4.79 Å². The lowest BCUT2D eigenvalue weighted by Crippen LogP contribution is -2.41. The summed E-state index contributed by atoms with van der Waals surface area (Å²) in [6.07, 6.45) is 2.96. The van der Waals surface area contributed by atoms with E-state index in [0.29, 0.717) is 24.3 Å². The van der Waals surface area contributed by atoms with Crippen LogP contribution in [0.1, 0.15) is 39.7 Å². The van der Waals surface area contributed by atoms with Crippen molar-refractivity contribution in [2.45, 2.75) is 18.9 Å². The zero-order valence-corrected chi connectivity index (χ0v) is 15.6. The number of hydrazone groups is 2. The van der Waals surface area contributed by atoms with E-state index < -0.39 is 5.97 Å². The highest BCUT2D eigenvalue weighted by atomic mass is 16.5. The quantitative estimate of drug-likeness (QED) is 0.426. The first-order chi connectivity index (χ1) is 13.6. The molecule has 0 bridgehead atoms. The molecule has 0 radical (unpaired) electrons. The first kappa shape index (κ1) is 19.2. The number of anilines is 1.